The molecule has 1 heterocycles. The lowest BCUT2D eigenvalue weighted by Crippen LogP contribution is -2.20. The van der Waals surface area contributed by atoms with E-state index in [0.29, 0.717) is 6.42 Å². The Hall–Kier alpha value is -2.81. The zero-order valence-corrected chi connectivity index (χ0v) is 14.1. The highest BCUT2D eigenvalue weighted by Gasteiger charge is 2.19. The Morgan fingerprint density at radius 2 is 1.54 bits per heavy atom. The highest BCUT2D eigenvalue weighted by molar-refractivity contribution is 5.92. The molecule has 0 aliphatic heterocycles. The van der Waals surface area contributed by atoms with Crippen LogP contribution in [0.1, 0.15) is 29.2 Å². The van der Waals surface area contributed by atoms with Gasteiger partial charge in [0.05, 0.1) is 12.5 Å². The van der Waals surface area contributed by atoms with Crippen molar-refractivity contribution in [3.05, 3.63) is 89.7 Å². The molecule has 0 unspecified atom stereocenters. The fraction of sp³-hybridized carbons (Fsp3) is 0.190. The van der Waals surface area contributed by atoms with E-state index < -0.39 is 0 Å². The van der Waals surface area contributed by atoms with Crippen molar-refractivity contribution in [2.75, 3.05) is 5.32 Å². The minimum absolute atomic E-state index is 0.00906. The molecule has 3 aromatic rings. The van der Waals surface area contributed by atoms with Gasteiger partial charge in [0.1, 0.15) is 0 Å². The van der Waals surface area contributed by atoms with Crippen molar-refractivity contribution < 1.29 is 4.79 Å². The molecule has 1 atom stereocenters. The summed E-state index contributed by atoms with van der Waals surface area (Å²) < 4.78 is 2.10. The van der Waals surface area contributed by atoms with Crippen LogP contribution in [0.25, 0.3) is 0 Å². The molecule has 0 aliphatic carbocycles. The van der Waals surface area contributed by atoms with Crippen molar-refractivity contribution in [1.82, 2.24) is 4.57 Å². The first-order valence-electron chi connectivity index (χ1n) is 8.18. The van der Waals surface area contributed by atoms with Crippen LogP contribution in [0.5, 0.6) is 0 Å². The molecular weight excluding hydrogens is 296 g/mol. The second-order valence-electron chi connectivity index (χ2n) is 6.07. The van der Waals surface area contributed by atoms with Crippen LogP contribution in [-0.2, 0) is 4.79 Å². The Labute approximate surface area is 143 Å². The van der Waals surface area contributed by atoms with Crippen LogP contribution in [0.15, 0.2) is 73.1 Å². The van der Waals surface area contributed by atoms with Crippen LogP contribution in [0.3, 0.4) is 0 Å². The SMILES string of the molecule is Cc1ccccc1NC(=O)C[C@H](c1ccccc1C)n1cccc1. The maximum absolute atomic E-state index is 12.6. The van der Waals surface area contributed by atoms with Crippen LogP contribution >= 0.6 is 0 Å². The summed E-state index contributed by atoms with van der Waals surface area (Å²) in [4.78, 5) is 12.6. The number of para-hydroxylation sites is 1. The summed E-state index contributed by atoms with van der Waals surface area (Å²) in [6.45, 7) is 4.09. The lowest BCUT2D eigenvalue weighted by atomic mass is 9.98. The fourth-order valence-electron chi connectivity index (χ4n) is 2.98. The molecule has 0 spiro atoms. The topological polar surface area (TPSA) is 34.0 Å². The van der Waals surface area contributed by atoms with Gasteiger partial charge in [0.15, 0.2) is 0 Å². The Morgan fingerprint density at radius 1 is 0.917 bits per heavy atom. The van der Waals surface area contributed by atoms with E-state index in [0.717, 1.165) is 11.3 Å². The van der Waals surface area contributed by atoms with E-state index in [1.807, 2.05) is 67.8 Å². The van der Waals surface area contributed by atoms with E-state index in [4.69, 9.17) is 0 Å². The zero-order valence-electron chi connectivity index (χ0n) is 14.1. The lowest BCUT2D eigenvalue weighted by Gasteiger charge is -2.21. The highest BCUT2D eigenvalue weighted by Crippen LogP contribution is 2.26. The molecule has 0 fully saturated rings. The number of nitrogens with one attached hydrogen (secondary N) is 1. The Kier molecular flexibility index (Phi) is 4.80. The monoisotopic (exact) mass is 318 g/mol. The van der Waals surface area contributed by atoms with Crippen molar-refractivity contribution in [2.45, 2.75) is 26.3 Å². The Balaban J connectivity index is 1.84. The number of carbonyl (C=O) groups excluding carboxylic acids is 1. The maximum Gasteiger partial charge on any atom is 0.226 e. The predicted octanol–water partition coefficient (Wildman–Crippen LogP) is 4.72. The van der Waals surface area contributed by atoms with E-state index in [9.17, 15) is 4.79 Å². The molecular formula is C21H22N2O. The molecule has 3 heteroatoms. The van der Waals surface area contributed by atoms with Gasteiger partial charge < -0.3 is 9.88 Å². The van der Waals surface area contributed by atoms with Gasteiger partial charge in [0, 0.05) is 18.1 Å². The summed E-state index contributed by atoms with van der Waals surface area (Å²) in [5.41, 5.74) is 4.31. The van der Waals surface area contributed by atoms with Crippen molar-refractivity contribution in [2.24, 2.45) is 0 Å². The minimum Gasteiger partial charge on any atom is -0.346 e. The molecule has 0 aliphatic rings. The van der Waals surface area contributed by atoms with Crippen LogP contribution in [0.2, 0.25) is 0 Å². The zero-order chi connectivity index (χ0) is 16.9. The van der Waals surface area contributed by atoms with Crippen molar-refractivity contribution in [3.8, 4) is 0 Å². The molecule has 122 valence electrons. The number of hydrogen-bond donors (Lipinski definition) is 1. The van der Waals surface area contributed by atoms with Gasteiger partial charge in [0.25, 0.3) is 0 Å². The molecule has 1 aromatic heterocycles. The molecule has 0 bridgehead atoms. The van der Waals surface area contributed by atoms with E-state index in [-0.39, 0.29) is 11.9 Å². The van der Waals surface area contributed by atoms with Crippen LogP contribution in [-0.4, -0.2) is 10.5 Å². The number of rotatable bonds is 5. The van der Waals surface area contributed by atoms with Crippen molar-refractivity contribution in [3.63, 3.8) is 0 Å². The number of aryl methyl sites for hydroxylation is 2. The number of anilines is 1. The molecule has 3 nitrogen and oxygen atoms in total. The van der Waals surface area contributed by atoms with Crippen LogP contribution in [0, 0.1) is 13.8 Å². The van der Waals surface area contributed by atoms with Gasteiger partial charge in [-0.15, -0.1) is 0 Å². The second-order valence-corrected chi connectivity index (χ2v) is 6.07. The largest absolute Gasteiger partial charge is 0.346 e. The normalized spacial score (nSPS) is 11.9. The third kappa shape index (κ3) is 3.57. The second kappa shape index (κ2) is 7.18. The molecule has 1 amide bonds. The molecule has 2 aromatic carbocycles. The maximum atomic E-state index is 12.6. The summed E-state index contributed by atoms with van der Waals surface area (Å²) in [6.07, 6.45) is 4.42. The molecule has 0 radical (unpaired) electrons. The first-order valence-corrected chi connectivity index (χ1v) is 8.18. The smallest absolute Gasteiger partial charge is 0.226 e. The number of amides is 1. The lowest BCUT2D eigenvalue weighted by molar-refractivity contribution is -0.116. The molecule has 3 rings (SSSR count). The average molecular weight is 318 g/mol. The predicted molar refractivity (Wildman–Crippen MR) is 98.2 cm³/mol. The van der Waals surface area contributed by atoms with Gasteiger partial charge >= 0.3 is 0 Å². The molecule has 1 N–H and O–H groups in total. The summed E-state index contributed by atoms with van der Waals surface area (Å²) in [5, 5.41) is 3.04. The van der Waals surface area contributed by atoms with Gasteiger partial charge in [-0.25, -0.2) is 0 Å². The third-order valence-corrected chi connectivity index (χ3v) is 4.33. The summed E-state index contributed by atoms with van der Waals surface area (Å²) in [6, 6.07) is 20.1. The third-order valence-electron chi connectivity index (χ3n) is 4.33. The first kappa shape index (κ1) is 16.1. The van der Waals surface area contributed by atoms with Gasteiger partial charge in [-0.05, 0) is 48.7 Å². The minimum atomic E-state index is -0.00906. The van der Waals surface area contributed by atoms with Crippen molar-refractivity contribution >= 4 is 11.6 Å². The molecule has 0 saturated heterocycles. The molecule has 0 saturated carbocycles. The summed E-state index contributed by atoms with van der Waals surface area (Å²) in [7, 11) is 0. The van der Waals surface area contributed by atoms with Gasteiger partial charge in [0.2, 0.25) is 5.91 Å². The Bertz CT molecular complexity index is 821. The average Bonchev–Trinajstić information content (AvgIpc) is 3.10. The summed E-state index contributed by atoms with van der Waals surface area (Å²) in [5.74, 6) is 0.0197. The van der Waals surface area contributed by atoms with E-state index in [1.54, 1.807) is 0 Å². The van der Waals surface area contributed by atoms with Crippen LogP contribution < -0.4 is 5.32 Å². The van der Waals surface area contributed by atoms with Gasteiger partial charge in [-0.1, -0.05) is 42.5 Å². The van der Waals surface area contributed by atoms with E-state index in [2.05, 4.69) is 28.9 Å². The van der Waals surface area contributed by atoms with Crippen molar-refractivity contribution in [1.29, 1.82) is 0 Å². The van der Waals surface area contributed by atoms with E-state index in [1.165, 1.54) is 11.1 Å². The van der Waals surface area contributed by atoms with Gasteiger partial charge in [-0.2, -0.15) is 0 Å². The number of aromatic nitrogens is 1. The van der Waals surface area contributed by atoms with Crippen LogP contribution in [0.4, 0.5) is 5.69 Å². The number of benzene rings is 2. The van der Waals surface area contributed by atoms with Gasteiger partial charge in [-0.3, -0.25) is 4.79 Å². The van der Waals surface area contributed by atoms with E-state index >= 15 is 0 Å². The number of carbonyl (C=O) groups is 1. The number of nitrogens with zero attached hydrogens (tertiary/aromatic N) is 1. The first-order chi connectivity index (χ1) is 11.6. The standard InChI is InChI=1S/C21H22N2O/c1-16-9-3-5-11-18(16)20(23-13-7-8-14-23)15-21(24)22-19-12-6-4-10-17(19)2/h3-14,20H,15H2,1-2H3,(H,22,24)/t20-/m1/s1. The Morgan fingerprint density at radius 3 is 2.21 bits per heavy atom. The highest BCUT2D eigenvalue weighted by atomic mass is 16.1. The molecule has 24 heavy (non-hydrogen) atoms. The number of hydrogen-bond acceptors (Lipinski definition) is 1. The summed E-state index contributed by atoms with van der Waals surface area (Å²) >= 11 is 0. The quantitative estimate of drug-likeness (QED) is 0.725. The fourth-order valence-corrected chi connectivity index (χ4v) is 2.98.